The average Bonchev–Trinajstić information content (AvgIpc) is 2.76. The lowest BCUT2D eigenvalue weighted by Gasteiger charge is -2.06. The molecule has 0 aliphatic heterocycles. The smallest absolute Gasteiger partial charge is 0.324 e. The van der Waals surface area contributed by atoms with Gasteiger partial charge < -0.3 is 5.32 Å². The first-order chi connectivity index (χ1) is 9.34. The number of nitrogens with zero attached hydrogens (tertiary/aromatic N) is 2. The molecule has 0 saturated heterocycles. The fourth-order valence-corrected chi connectivity index (χ4v) is 1.71. The maximum Gasteiger partial charge on any atom is 0.435 e. The Morgan fingerprint density at radius 1 is 1.35 bits per heavy atom. The van der Waals surface area contributed by atoms with Gasteiger partial charge in [-0.15, -0.1) is 0 Å². The first-order valence-electron chi connectivity index (χ1n) is 5.51. The summed E-state index contributed by atoms with van der Waals surface area (Å²) < 4.78 is 37.9. The van der Waals surface area contributed by atoms with Gasteiger partial charge in [0.25, 0.3) is 0 Å². The lowest BCUT2D eigenvalue weighted by atomic mass is 10.3. The second kappa shape index (κ2) is 5.54. The number of anilines is 1. The van der Waals surface area contributed by atoms with Gasteiger partial charge in [-0.25, -0.2) is 0 Å². The molecule has 2 rings (SSSR count). The van der Waals surface area contributed by atoms with Crippen LogP contribution in [0.2, 0.25) is 5.02 Å². The predicted octanol–water partition coefficient (Wildman–Crippen LogP) is 3.19. The van der Waals surface area contributed by atoms with Crippen molar-refractivity contribution in [1.82, 2.24) is 9.78 Å². The van der Waals surface area contributed by atoms with Crippen molar-refractivity contribution in [3.05, 3.63) is 47.2 Å². The summed E-state index contributed by atoms with van der Waals surface area (Å²) >= 11 is 5.75. The van der Waals surface area contributed by atoms with E-state index in [9.17, 15) is 18.0 Å². The molecule has 0 radical (unpaired) electrons. The van der Waals surface area contributed by atoms with Gasteiger partial charge >= 0.3 is 6.18 Å². The van der Waals surface area contributed by atoms with E-state index in [2.05, 4.69) is 10.4 Å². The molecule has 0 atom stereocenters. The number of carbonyl (C=O) groups excluding carboxylic acids is 1. The number of aromatic nitrogens is 2. The number of carbonyl (C=O) groups is 1. The summed E-state index contributed by atoms with van der Waals surface area (Å²) in [6.07, 6.45) is -3.42. The van der Waals surface area contributed by atoms with Crippen LogP contribution in [-0.4, -0.2) is 15.7 Å². The van der Waals surface area contributed by atoms with Crippen molar-refractivity contribution in [1.29, 1.82) is 0 Å². The van der Waals surface area contributed by atoms with Gasteiger partial charge in [0.15, 0.2) is 5.69 Å². The molecule has 4 nitrogen and oxygen atoms in total. The molecule has 0 aliphatic carbocycles. The minimum atomic E-state index is -4.52. The van der Waals surface area contributed by atoms with Gasteiger partial charge in [-0.1, -0.05) is 17.7 Å². The highest BCUT2D eigenvalue weighted by molar-refractivity contribution is 6.30. The van der Waals surface area contributed by atoms with Crippen LogP contribution in [0.5, 0.6) is 0 Å². The minimum Gasteiger partial charge on any atom is -0.324 e. The van der Waals surface area contributed by atoms with Gasteiger partial charge in [0.2, 0.25) is 5.91 Å². The lowest BCUT2D eigenvalue weighted by molar-refractivity contribution is -0.141. The quantitative estimate of drug-likeness (QED) is 0.946. The van der Waals surface area contributed by atoms with Crippen LogP contribution in [0.3, 0.4) is 0 Å². The fraction of sp³-hybridized carbons (Fsp3) is 0.167. The van der Waals surface area contributed by atoms with E-state index >= 15 is 0 Å². The highest BCUT2D eigenvalue weighted by Crippen LogP contribution is 2.27. The summed E-state index contributed by atoms with van der Waals surface area (Å²) in [7, 11) is 0. The maximum absolute atomic E-state index is 12.3. The van der Waals surface area contributed by atoms with Gasteiger partial charge in [-0.2, -0.15) is 18.3 Å². The van der Waals surface area contributed by atoms with Gasteiger partial charge in [0.05, 0.1) is 0 Å². The predicted molar refractivity (Wildman–Crippen MR) is 67.3 cm³/mol. The molecule has 0 bridgehead atoms. The zero-order valence-corrected chi connectivity index (χ0v) is 10.7. The number of halogens is 4. The van der Waals surface area contributed by atoms with Crippen molar-refractivity contribution in [2.24, 2.45) is 0 Å². The van der Waals surface area contributed by atoms with Gasteiger partial charge in [-0.05, 0) is 24.3 Å². The highest BCUT2D eigenvalue weighted by Gasteiger charge is 2.33. The van der Waals surface area contributed by atoms with Crippen LogP contribution in [0.25, 0.3) is 0 Å². The molecule has 0 unspecified atom stereocenters. The second-order valence-electron chi connectivity index (χ2n) is 3.95. The first-order valence-corrected chi connectivity index (χ1v) is 5.88. The Morgan fingerprint density at radius 2 is 2.10 bits per heavy atom. The van der Waals surface area contributed by atoms with E-state index in [1.54, 1.807) is 18.2 Å². The third-order valence-corrected chi connectivity index (χ3v) is 2.58. The summed E-state index contributed by atoms with van der Waals surface area (Å²) in [6, 6.07) is 7.25. The number of rotatable bonds is 3. The van der Waals surface area contributed by atoms with Crippen LogP contribution >= 0.6 is 11.6 Å². The number of benzene rings is 1. The molecule has 2 aromatic rings. The zero-order chi connectivity index (χ0) is 14.8. The molecule has 0 saturated carbocycles. The van der Waals surface area contributed by atoms with Crippen molar-refractivity contribution < 1.29 is 18.0 Å². The molecule has 0 fully saturated rings. The summed E-state index contributed by atoms with van der Waals surface area (Å²) in [5.74, 6) is -0.496. The molecule has 1 heterocycles. The van der Waals surface area contributed by atoms with Crippen LogP contribution in [0.1, 0.15) is 5.69 Å². The SMILES string of the molecule is O=C(Cn1ccc(C(F)(F)F)n1)Nc1cccc(Cl)c1. The molecule has 1 amide bonds. The maximum atomic E-state index is 12.3. The molecule has 1 aromatic heterocycles. The van der Waals surface area contributed by atoms with Crippen molar-refractivity contribution in [3.8, 4) is 0 Å². The molecule has 1 aromatic carbocycles. The van der Waals surface area contributed by atoms with E-state index in [0.29, 0.717) is 10.7 Å². The lowest BCUT2D eigenvalue weighted by Crippen LogP contribution is -2.19. The van der Waals surface area contributed by atoms with E-state index in [1.807, 2.05) is 0 Å². The zero-order valence-electron chi connectivity index (χ0n) is 9.99. The summed E-state index contributed by atoms with van der Waals surface area (Å²) in [5, 5.41) is 6.24. The molecule has 0 spiro atoms. The molecular formula is C12H9ClF3N3O. The number of amides is 1. The molecular weight excluding hydrogens is 295 g/mol. The van der Waals surface area contributed by atoms with E-state index in [1.165, 1.54) is 6.07 Å². The van der Waals surface area contributed by atoms with Gasteiger partial charge in [0, 0.05) is 16.9 Å². The first kappa shape index (κ1) is 14.4. The Balaban J connectivity index is 2.00. The van der Waals surface area contributed by atoms with Crippen LogP contribution in [0.15, 0.2) is 36.5 Å². The topological polar surface area (TPSA) is 46.9 Å². The van der Waals surface area contributed by atoms with E-state index in [-0.39, 0.29) is 6.54 Å². The van der Waals surface area contributed by atoms with Crippen molar-refractivity contribution >= 4 is 23.2 Å². The Bertz CT molecular complexity index is 624. The minimum absolute atomic E-state index is 0.317. The highest BCUT2D eigenvalue weighted by atomic mass is 35.5. The van der Waals surface area contributed by atoms with E-state index in [0.717, 1.165) is 16.9 Å². The largest absolute Gasteiger partial charge is 0.435 e. The molecule has 8 heteroatoms. The van der Waals surface area contributed by atoms with Gasteiger partial charge in [0.1, 0.15) is 6.54 Å². The summed E-state index contributed by atoms with van der Waals surface area (Å²) in [4.78, 5) is 11.7. The number of nitrogens with one attached hydrogen (secondary N) is 1. The number of hydrogen-bond acceptors (Lipinski definition) is 2. The fourth-order valence-electron chi connectivity index (χ4n) is 1.51. The monoisotopic (exact) mass is 303 g/mol. The standard InChI is InChI=1S/C12H9ClF3N3O/c13-8-2-1-3-9(6-8)17-11(20)7-19-5-4-10(18-19)12(14,15)16/h1-6H,7H2,(H,17,20). The van der Waals surface area contributed by atoms with Crippen molar-refractivity contribution in [3.63, 3.8) is 0 Å². The average molecular weight is 304 g/mol. The summed E-state index contributed by atoms with van der Waals surface area (Å²) in [6.45, 7) is -0.317. The van der Waals surface area contributed by atoms with E-state index < -0.39 is 17.8 Å². The summed E-state index contributed by atoms with van der Waals surface area (Å²) in [5.41, 5.74) is -0.571. The van der Waals surface area contributed by atoms with Crippen LogP contribution in [-0.2, 0) is 17.5 Å². The molecule has 1 N–H and O–H groups in total. The number of alkyl halides is 3. The number of hydrogen-bond donors (Lipinski definition) is 1. The Labute approximate surface area is 117 Å². The Kier molecular flexibility index (Phi) is 3.99. The Morgan fingerprint density at radius 3 is 2.70 bits per heavy atom. The van der Waals surface area contributed by atoms with Crippen LogP contribution < -0.4 is 5.32 Å². The normalized spacial score (nSPS) is 11.4. The van der Waals surface area contributed by atoms with E-state index in [4.69, 9.17) is 11.6 Å². The van der Waals surface area contributed by atoms with Crippen molar-refractivity contribution in [2.45, 2.75) is 12.7 Å². The van der Waals surface area contributed by atoms with Crippen molar-refractivity contribution in [2.75, 3.05) is 5.32 Å². The Hall–Kier alpha value is -2.02. The molecule has 20 heavy (non-hydrogen) atoms. The second-order valence-corrected chi connectivity index (χ2v) is 4.39. The van der Waals surface area contributed by atoms with Crippen LogP contribution in [0.4, 0.5) is 18.9 Å². The third kappa shape index (κ3) is 3.74. The third-order valence-electron chi connectivity index (χ3n) is 2.35. The molecule has 0 aliphatic rings. The van der Waals surface area contributed by atoms with Gasteiger partial charge in [-0.3, -0.25) is 9.48 Å². The van der Waals surface area contributed by atoms with Crippen LogP contribution in [0, 0.1) is 0 Å². The molecule has 106 valence electrons.